The number of hydrogen-bond acceptors (Lipinski definition) is 4. The lowest BCUT2D eigenvalue weighted by Crippen LogP contribution is -2.35. The number of rotatable bonds is 36. The number of hydrogen-bond donors (Lipinski definition) is 3. The molecule has 0 heterocycles. The van der Waals surface area contributed by atoms with Crippen molar-refractivity contribution >= 4 is 0 Å². The second-order valence-electron chi connectivity index (χ2n) is 12.9. The Morgan fingerprint density at radius 2 is 0.738 bits per heavy atom. The van der Waals surface area contributed by atoms with Crippen molar-refractivity contribution in [3.8, 4) is 0 Å². The largest absolute Gasteiger partial charge is 0.358 e. The number of nitrogens with zero attached hydrogens (tertiary/aromatic N) is 1. The van der Waals surface area contributed by atoms with Crippen molar-refractivity contribution in [1.82, 2.24) is 11.6 Å². The van der Waals surface area contributed by atoms with Gasteiger partial charge in [0.1, 0.15) is 4.91 Å². The predicted molar refractivity (Wildman–Crippen MR) is 185 cm³/mol. The van der Waals surface area contributed by atoms with Crippen LogP contribution < -0.4 is 17.3 Å². The van der Waals surface area contributed by atoms with Crippen LogP contribution in [0.2, 0.25) is 0 Å². The van der Waals surface area contributed by atoms with Gasteiger partial charge in [0.05, 0.1) is 6.54 Å². The van der Waals surface area contributed by atoms with Gasteiger partial charge in [-0.15, -0.1) is 5.43 Å². The molecule has 0 aromatic heterocycles. The zero-order valence-corrected chi connectivity index (χ0v) is 29.0. The molecule has 0 aromatic rings. The van der Waals surface area contributed by atoms with Crippen molar-refractivity contribution in [3.05, 3.63) is 4.91 Å². The summed E-state index contributed by atoms with van der Waals surface area (Å²) in [4.78, 5) is 17.1. The Balaban J connectivity index is 0. The number of nitrogens with one attached hydrogen (secondary N) is 1. The molecule has 6 nitrogen and oxygen atoms in total. The van der Waals surface area contributed by atoms with E-state index in [9.17, 15) is 4.91 Å². The van der Waals surface area contributed by atoms with Crippen molar-refractivity contribution in [3.63, 3.8) is 0 Å². The molecule has 42 heavy (non-hydrogen) atoms. The van der Waals surface area contributed by atoms with Gasteiger partial charge in [-0.05, 0) is 12.8 Å². The molecule has 0 saturated carbocycles. The van der Waals surface area contributed by atoms with Crippen molar-refractivity contribution in [2.24, 2.45) is 5.73 Å². The lowest BCUT2D eigenvalue weighted by molar-refractivity contribution is -0.852. The van der Waals surface area contributed by atoms with Crippen LogP contribution in [0.3, 0.4) is 0 Å². The van der Waals surface area contributed by atoms with Gasteiger partial charge >= 0.3 is 5.03 Å². The Hall–Kier alpha value is -0.880. The van der Waals surface area contributed by atoms with Crippen LogP contribution in [-0.4, -0.2) is 17.8 Å². The average Bonchev–Trinajstić information content (AvgIpc) is 2.96. The summed E-state index contributed by atoms with van der Waals surface area (Å²) in [5.41, 5.74) is 8.78. The van der Waals surface area contributed by atoms with Crippen molar-refractivity contribution in [2.75, 3.05) is 6.54 Å². The van der Waals surface area contributed by atoms with E-state index in [2.05, 4.69) is 19.3 Å². The van der Waals surface area contributed by atoms with E-state index in [1.54, 1.807) is 0 Å². The second kappa shape index (κ2) is 38.1. The molecule has 1 atom stereocenters. The molecule has 0 spiro atoms. The maximum Gasteiger partial charge on any atom is 0.358 e. The zero-order chi connectivity index (χ0) is 29.9. The van der Waals surface area contributed by atoms with Crippen LogP contribution in [0.15, 0.2) is 0 Å². The molecule has 254 valence electrons. The lowest BCUT2D eigenvalue weighted by Gasteiger charge is -2.06. The molecule has 0 aliphatic heterocycles. The fourth-order valence-electron chi connectivity index (χ4n) is 5.77. The molecule has 0 bridgehead atoms. The first kappa shape index (κ1) is 43.2. The van der Waals surface area contributed by atoms with Gasteiger partial charge in [-0.25, -0.2) is 0 Å². The summed E-state index contributed by atoms with van der Waals surface area (Å²) in [6, 6.07) is 0. The molecule has 0 aromatic carbocycles. The maximum absolute atomic E-state index is 11.9. The molecule has 6 heteroatoms. The highest BCUT2D eigenvalue weighted by Crippen LogP contribution is 2.15. The third-order valence-corrected chi connectivity index (χ3v) is 8.59. The molecule has 1 unspecified atom stereocenters. The first-order valence-corrected chi connectivity index (χ1v) is 18.8. The van der Waals surface area contributed by atoms with E-state index in [1.165, 1.54) is 186 Å². The third-order valence-electron chi connectivity index (χ3n) is 8.59. The van der Waals surface area contributed by atoms with Crippen molar-refractivity contribution < 1.29 is 9.87 Å². The Bertz CT molecular complexity index is 507. The molecule has 0 fully saturated rings. The van der Waals surface area contributed by atoms with Crippen LogP contribution in [0.5, 0.6) is 0 Å². The van der Waals surface area contributed by atoms with Crippen molar-refractivity contribution in [1.29, 1.82) is 0 Å². The first-order chi connectivity index (χ1) is 20.2. The second-order valence-corrected chi connectivity index (χ2v) is 12.9. The highest BCUT2D eigenvalue weighted by atomic mass is 16.8. The normalized spacial score (nSPS) is 11.8. The van der Waals surface area contributed by atoms with E-state index in [1.807, 2.05) is 0 Å². The minimum Gasteiger partial charge on any atom is -0.344 e. The van der Waals surface area contributed by atoms with Gasteiger partial charge in [-0.2, -0.15) is 4.84 Å². The molecular formula is C36H79N4O2+. The smallest absolute Gasteiger partial charge is 0.344 e. The molecule has 0 radical (unpaired) electrons. The molecule has 0 amide bonds. The number of hydrazine groups is 1. The molecule has 0 aliphatic carbocycles. The average molecular weight is 600 g/mol. The van der Waals surface area contributed by atoms with E-state index in [0.29, 0.717) is 11.6 Å². The Morgan fingerprint density at radius 1 is 0.476 bits per heavy atom. The standard InChI is InChI=1S/C36H76N3O2.H3N/c1-3-5-7-9-11-13-15-17-19-21-23-25-27-29-31-33-35-38-39(40)41-36(37)34-32-30-28-26-24-22-20-18-16-14-12-10-8-6-4-2;/h36H,3-35,37H2,1-2H3,(H,38,40);1H3/q+1;. The summed E-state index contributed by atoms with van der Waals surface area (Å²) < 4.78 is 0. The Morgan fingerprint density at radius 3 is 1.05 bits per heavy atom. The highest BCUT2D eigenvalue weighted by molar-refractivity contribution is 4.52. The van der Waals surface area contributed by atoms with Gasteiger partial charge in [0.2, 0.25) is 6.23 Å². The summed E-state index contributed by atoms with van der Waals surface area (Å²) >= 11 is 0. The van der Waals surface area contributed by atoms with E-state index < -0.39 is 6.23 Å². The van der Waals surface area contributed by atoms with E-state index in [4.69, 9.17) is 10.6 Å². The van der Waals surface area contributed by atoms with Crippen molar-refractivity contribution in [2.45, 2.75) is 226 Å². The quantitative estimate of drug-likeness (QED) is 0.0377. The maximum atomic E-state index is 11.9. The fraction of sp³-hybridized carbons (Fsp3) is 1.00. The molecular weight excluding hydrogens is 520 g/mol. The number of unbranched alkanes of at least 4 members (excludes halogenated alkanes) is 29. The highest BCUT2D eigenvalue weighted by Gasteiger charge is 2.15. The Labute approximate surface area is 263 Å². The minimum atomic E-state index is -0.507. The van der Waals surface area contributed by atoms with E-state index in [-0.39, 0.29) is 6.15 Å². The fourth-order valence-corrected chi connectivity index (χ4v) is 5.77. The van der Waals surface area contributed by atoms with Gasteiger partial charge in [-0.3, -0.25) is 5.73 Å². The summed E-state index contributed by atoms with van der Waals surface area (Å²) in [5, 5.41) is 0.487. The lowest BCUT2D eigenvalue weighted by atomic mass is 10.0. The first-order valence-electron chi connectivity index (χ1n) is 18.8. The topological polar surface area (TPSA) is 102 Å². The molecule has 0 rings (SSSR count). The zero-order valence-electron chi connectivity index (χ0n) is 29.0. The monoisotopic (exact) mass is 600 g/mol. The van der Waals surface area contributed by atoms with Crippen LogP contribution in [0.1, 0.15) is 219 Å². The molecule has 0 saturated heterocycles. The summed E-state index contributed by atoms with van der Waals surface area (Å²) in [5.74, 6) is 0. The minimum absolute atomic E-state index is 0. The van der Waals surface area contributed by atoms with Gasteiger partial charge in [0, 0.05) is 6.42 Å². The summed E-state index contributed by atoms with van der Waals surface area (Å²) in [7, 11) is 0. The number of nitrogens with two attached hydrogens (primary N) is 1. The van der Waals surface area contributed by atoms with E-state index >= 15 is 0 Å². The van der Waals surface area contributed by atoms with Gasteiger partial charge in [0.25, 0.3) is 0 Å². The van der Waals surface area contributed by atoms with E-state index in [0.717, 1.165) is 19.3 Å². The SMILES string of the molecule is CCCCCCCCCCCCCCCCCCN[N+](=O)OC(N)CCCCCCCCCCCCCCCCC.N. The Kier molecular flexibility index (Phi) is 39.3. The molecule has 0 aliphatic rings. The summed E-state index contributed by atoms with van der Waals surface area (Å²) in [6.45, 7) is 5.23. The van der Waals surface area contributed by atoms with Gasteiger partial charge < -0.3 is 6.15 Å². The van der Waals surface area contributed by atoms with Gasteiger partial charge in [-0.1, -0.05) is 200 Å². The van der Waals surface area contributed by atoms with Crippen LogP contribution in [0.4, 0.5) is 0 Å². The summed E-state index contributed by atoms with van der Waals surface area (Å²) in [6.07, 6.45) is 42.2. The van der Waals surface area contributed by atoms with Crippen LogP contribution in [0, 0.1) is 4.91 Å². The van der Waals surface area contributed by atoms with Crippen LogP contribution in [0.25, 0.3) is 0 Å². The van der Waals surface area contributed by atoms with Gasteiger partial charge in [0.15, 0.2) is 0 Å². The van der Waals surface area contributed by atoms with Crippen LogP contribution in [-0.2, 0) is 4.84 Å². The molecule has 6 N–H and O–H groups in total. The third kappa shape index (κ3) is 37.1. The predicted octanol–water partition coefficient (Wildman–Crippen LogP) is 12.2. The van der Waals surface area contributed by atoms with Crippen LogP contribution >= 0.6 is 0 Å².